The molecule has 2 aliphatic heterocycles. The van der Waals surface area contributed by atoms with Crippen molar-refractivity contribution in [3.63, 3.8) is 0 Å². The Bertz CT molecular complexity index is 1020. The number of aromatic nitrogens is 1. The van der Waals surface area contributed by atoms with Crippen molar-refractivity contribution in [1.29, 1.82) is 0 Å². The molecule has 1 amide bonds. The first-order chi connectivity index (χ1) is 14.4. The maximum absolute atomic E-state index is 13.4. The molecular formula is C23H29N3O4. The number of methoxy groups -OCH3 is 1. The van der Waals surface area contributed by atoms with Crippen molar-refractivity contribution in [2.24, 2.45) is 11.8 Å². The number of ether oxygens (including phenoxy) is 1. The summed E-state index contributed by atoms with van der Waals surface area (Å²) in [5.74, 6) is 0.533. The van der Waals surface area contributed by atoms with Gasteiger partial charge < -0.3 is 19.3 Å². The van der Waals surface area contributed by atoms with Crippen molar-refractivity contribution in [3.8, 4) is 16.9 Å². The van der Waals surface area contributed by atoms with Gasteiger partial charge in [-0.05, 0) is 36.4 Å². The molecule has 30 heavy (non-hydrogen) atoms. The number of carbonyl (C=O) groups is 1. The van der Waals surface area contributed by atoms with E-state index in [1.807, 2.05) is 47.9 Å². The van der Waals surface area contributed by atoms with Gasteiger partial charge >= 0.3 is 0 Å². The van der Waals surface area contributed by atoms with E-state index in [2.05, 4.69) is 4.90 Å². The molecule has 0 saturated carbocycles. The summed E-state index contributed by atoms with van der Waals surface area (Å²) in [6, 6.07) is 10.9. The van der Waals surface area contributed by atoms with Crippen LogP contribution in [0.25, 0.3) is 11.1 Å². The van der Waals surface area contributed by atoms with Crippen LogP contribution in [0.4, 0.5) is 0 Å². The van der Waals surface area contributed by atoms with Crippen LogP contribution in [0.5, 0.6) is 5.75 Å². The highest BCUT2D eigenvalue weighted by Crippen LogP contribution is 2.49. The molecule has 3 heterocycles. The standard InChI is InChI=1S/C23H29N3O4/c1-5-25-20-17(18(13-27)21(25)23(29)24(2)3)12-26-19(20)10-9-16(22(26)28)14-7-6-8-15(11-14)30-4/h6-11,17-18,20-21,27H,5,12-13H2,1-4H3/t17-,18-,20+,21-/m0/s1. The monoisotopic (exact) mass is 411 g/mol. The van der Waals surface area contributed by atoms with Gasteiger partial charge in [0, 0.05) is 50.3 Å². The summed E-state index contributed by atoms with van der Waals surface area (Å²) in [4.78, 5) is 30.0. The Morgan fingerprint density at radius 3 is 2.67 bits per heavy atom. The largest absolute Gasteiger partial charge is 0.497 e. The van der Waals surface area contributed by atoms with Crippen LogP contribution in [0.2, 0.25) is 0 Å². The molecule has 0 spiro atoms. The molecule has 0 unspecified atom stereocenters. The van der Waals surface area contributed by atoms with Crippen LogP contribution >= 0.6 is 0 Å². The highest BCUT2D eigenvalue weighted by molar-refractivity contribution is 5.82. The normalized spacial score (nSPS) is 25.1. The fraction of sp³-hybridized carbons (Fsp3) is 0.478. The van der Waals surface area contributed by atoms with E-state index < -0.39 is 0 Å². The van der Waals surface area contributed by atoms with Crippen molar-refractivity contribution in [2.45, 2.75) is 25.6 Å². The average Bonchev–Trinajstić information content (AvgIpc) is 3.27. The third-order valence-electron chi connectivity index (χ3n) is 6.63. The Morgan fingerprint density at radius 1 is 1.27 bits per heavy atom. The topological polar surface area (TPSA) is 75.0 Å². The van der Waals surface area contributed by atoms with Crippen molar-refractivity contribution < 1.29 is 14.6 Å². The third-order valence-corrected chi connectivity index (χ3v) is 6.63. The maximum Gasteiger partial charge on any atom is 0.258 e. The van der Waals surface area contributed by atoms with Crippen LogP contribution in [0.3, 0.4) is 0 Å². The van der Waals surface area contributed by atoms with Crippen LogP contribution in [-0.4, -0.2) is 65.8 Å². The number of likely N-dealkylation sites (tertiary alicyclic amines) is 1. The molecule has 0 radical (unpaired) electrons. The van der Waals surface area contributed by atoms with Gasteiger partial charge in [-0.2, -0.15) is 0 Å². The molecule has 1 N–H and O–H groups in total. The Labute approximate surface area is 176 Å². The molecule has 1 aromatic heterocycles. The summed E-state index contributed by atoms with van der Waals surface area (Å²) < 4.78 is 7.13. The lowest BCUT2D eigenvalue weighted by Gasteiger charge is -2.31. The zero-order valence-electron chi connectivity index (χ0n) is 17.9. The van der Waals surface area contributed by atoms with Gasteiger partial charge in [0.1, 0.15) is 5.75 Å². The molecule has 0 bridgehead atoms. The van der Waals surface area contributed by atoms with Crippen LogP contribution in [0.1, 0.15) is 18.7 Å². The van der Waals surface area contributed by atoms with E-state index in [1.165, 1.54) is 0 Å². The minimum atomic E-state index is -0.369. The van der Waals surface area contributed by atoms with Crippen molar-refractivity contribution in [2.75, 3.05) is 34.4 Å². The van der Waals surface area contributed by atoms with Crippen LogP contribution < -0.4 is 10.3 Å². The highest BCUT2D eigenvalue weighted by Gasteiger charge is 2.55. The second-order valence-electron chi connectivity index (χ2n) is 8.28. The van der Waals surface area contributed by atoms with E-state index in [0.29, 0.717) is 24.4 Å². The predicted molar refractivity (Wildman–Crippen MR) is 114 cm³/mol. The first-order valence-electron chi connectivity index (χ1n) is 10.4. The van der Waals surface area contributed by atoms with E-state index in [9.17, 15) is 14.7 Å². The summed E-state index contributed by atoms with van der Waals surface area (Å²) in [6.45, 7) is 3.13. The molecule has 1 aromatic carbocycles. The molecule has 2 aromatic rings. The number of amides is 1. The number of pyridine rings is 1. The molecule has 0 aliphatic carbocycles. The molecule has 2 aliphatic rings. The number of hydrogen-bond donors (Lipinski definition) is 1. The van der Waals surface area contributed by atoms with Crippen molar-refractivity contribution in [1.82, 2.24) is 14.4 Å². The first-order valence-corrected chi connectivity index (χ1v) is 10.4. The molecular weight excluding hydrogens is 382 g/mol. The van der Waals surface area contributed by atoms with E-state index >= 15 is 0 Å². The Hall–Kier alpha value is -2.64. The van der Waals surface area contributed by atoms with E-state index in [-0.39, 0.29) is 42.0 Å². The van der Waals surface area contributed by atoms with Crippen molar-refractivity contribution >= 4 is 5.91 Å². The van der Waals surface area contributed by atoms with Gasteiger partial charge in [-0.25, -0.2) is 0 Å². The molecule has 1 fully saturated rings. The van der Waals surface area contributed by atoms with Gasteiger partial charge in [0.2, 0.25) is 5.91 Å². The number of carbonyl (C=O) groups excluding carboxylic acids is 1. The smallest absolute Gasteiger partial charge is 0.258 e. The number of benzene rings is 1. The van der Waals surface area contributed by atoms with Gasteiger partial charge in [-0.3, -0.25) is 14.5 Å². The fourth-order valence-corrected chi connectivity index (χ4v) is 5.24. The number of rotatable bonds is 5. The van der Waals surface area contributed by atoms with Gasteiger partial charge in [0.25, 0.3) is 5.56 Å². The second kappa shape index (κ2) is 7.89. The Balaban J connectivity index is 1.77. The molecule has 4 atom stereocenters. The lowest BCUT2D eigenvalue weighted by atomic mass is 9.88. The summed E-state index contributed by atoms with van der Waals surface area (Å²) in [5.41, 5.74) is 2.32. The second-order valence-corrected chi connectivity index (χ2v) is 8.28. The molecule has 160 valence electrons. The van der Waals surface area contributed by atoms with Crippen LogP contribution in [0.15, 0.2) is 41.2 Å². The number of nitrogens with zero attached hydrogens (tertiary/aromatic N) is 3. The Morgan fingerprint density at radius 2 is 2.03 bits per heavy atom. The fourth-order valence-electron chi connectivity index (χ4n) is 5.24. The average molecular weight is 412 g/mol. The first kappa shape index (κ1) is 20.6. The molecule has 7 nitrogen and oxygen atoms in total. The summed E-state index contributed by atoms with van der Waals surface area (Å²) >= 11 is 0. The van der Waals surface area contributed by atoms with E-state index in [0.717, 1.165) is 11.3 Å². The molecule has 7 heteroatoms. The lowest BCUT2D eigenvalue weighted by Crippen LogP contribution is -2.47. The SMILES string of the molecule is CCN1[C@H](C(=O)N(C)C)[C@@H](CO)[C@@H]2Cn3c(ccc(-c4cccc(OC)c4)c3=O)[C@@H]21. The minimum Gasteiger partial charge on any atom is -0.497 e. The highest BCUT2D eigenvalue weighted by atomic mass is 16.5. The number of hydrogen-bond acceptors (Lipinski definition) is 5. The van der Waals surface area contributed by atoms with Gasteiger partial charge in [0.05, 0.1) is 19.2 Å². The quantitative estimate of drug-likeness (QED) is 0.809. The van der Waals surface area contributed by atoms with E-state index in [1.54, 1.807) is 26.1 Å². The maximum atomic E-state index is 13.4. The van der Waals surface area contributed by atoms with Gasteiger partial charge in [0.15, 0.2) is 0 Å². The minimum absolute atomic E-state index is 0.00666. The number of aliphatic hydroxyl groups is 1. The van der Waals surface area contributed by atoms with Crippen LogP contribution in [0, 0.1) is 11.8 Å². The number of aliphatic hydroxyl groups excluding tert-OH is 1. The summed E-state index contributed by atoms with van der Waals surface area (Å²) in [7, 11) is 5.10. The molecule has 1 saturated heterocycles. The van der Waals surface area contributed by atoms with Crippen molar-refractivity contribution in [3.05, 3.63) is 52.4 Å². The zero-order chi connectivity index (χ0) is 21.6. The van der Waals surface area contributed by atoms with Gasteiger partial charge in [-0.1, -0.05) is 19.1 Å². The predicted octanol–water partition coefficient (Wildman–Crippen LogP) is 1.60. The summed E-state index contributed by atoms with van der Waals surface area (Å²) in [6.07, 6.45) is 0. The van der Waals surface area contributed by atoms with Gasteiger partial charge in [-0.15, -0.1) is 0 Å². The molecule has 4 rings (SSSR count). The van der Waals surface area contributed by atoms with Crippen LogP contribution in [-0.2, 0) is 11.3 Å². The zero-order valence-corrected chi connectivity index (χ0v) is 17.9. The lowest BCUT2D eigenvalue weighted by molar-refractivity contribution is -0.135. The number of likely N-dealkylation sites (N-methyl/N-ethyl adjacent to an activating group) is 2. The number of fused-ring (bicyclic) bond motifs is 3. The summed E-state index contributed by atoms with van der Waals surface area (Å²) in [5, 5.41) is 10.2. The van der Waals surface area contributed by atoms with E-state index in [4.69, 9.17) is 4.74 Å². The Kier molecular flexibility index (Phi) is 5.42. The third kappa shape index (κ3) is 3.04.